The molecule has 1 aromatic rings. The Hall–Kier alpha value is -1.84. The van der Waals surface area contributed by atoms with Crippen LogP contribution in [0.15, 0.2) is 36.7 Å². The van der Waals surface area contributed by atoms with E-state index >= 15 is 0 Å². The Kier molecular flexibility index (Phi) is 4.34. The van der Waals surface area contributed by atoms with Crippen LogP contribution in [0, 0.1) is 0 Å². The Morgan fingerprint density at radius 2 is 2.40 bits per heavy atom. The third kappa shape index (κ3) is 3.81. The van der Waals surface area contributed by atoms with Gasteiger partial charge in [-0.25, -0.2) is 4.79 Å². The number of nitrogens with zero attached hydrogens (tertiary/aromatic N) is 1. The van der Waals surface area contributed by atoms with E-state index in [0.29, 0.717) is 17.9 Å². The number of aromatic nitrogens is 1. The summed E-state index contributed by atoms with van der Waals surface area (Å²) in [7, 11) is 0. The molecule has 0 bridgehead atoms. The number of esters is 1. The molecule has 0 aliphatic heterocycles. The summed E-state index contributed by atoms with van der Waals surface area (Å²) < 4.78 is 10.0. The van der Waals surface area contributed by atoms with Gasteiger partial charge in [-0.3, -0.25) is 4.98 Å². The zero-order chi connectivity index (χ0) is 11.1. The average Bonchev–Trinajstić information content (AvgIpc) is 2.27. The normalized spacial score (nSPS) is 9.40. The summed E-state index contributed by atoms with van der Waals surface area (Å²) >= 11 is 0. The molecule has 1 aromatic heterocycles. The van der Waals surface area contributed by atoms with Gasteiger partial charge < -0.3 is 9.47 Å². The molecular formula is C11H13NO3. The van der Waals surface area contributed by atoms with Crippen LogP contribution in [0.1, 0.15) is 6.92 Å². The maximum atomic E-state index is 11.1. The van der Waals surface area contributed by atoms with Gasteiger partial charge in [0.25, 0.3) is 0 Å². The van der Waals surface area contributed by atoms with Gasteiger partial charge in [0, 0.05) is 6.20 Å². The maximum absolute atomic E-state index is 11.1. The minimum absolute atomic E-state index is 0.116. The van der Waals surface area contributed by atoms with Crippen LogP contribution in [-0.4, -0.2) is 24.2 Å². The molecule has 80 valence electrons. The molecule has 0 fully saturated rings. The lowest BCUT2D eigenvalue weighted by Gasteiger charge is -2.07. The maximum Gasteiger partial charge on any atom is 0.336 e. The third-order valence-electron chi connectivity index (χ3n) is 1.61. The minimum Gasteiger partial charge on any atom is -0.487 e. The van der Waals surface area contributed by atoms with Gasteiger partial charge in [0.15, 0.2) is 0 Å². The molecule has 0 unspecified atom stereocenters. The molecule has 0 saturated heterocycles. The molecule has 0 aromatic carbocycles. The van der Waals surface area contributed by atoms with Crippen LogP contribution in [0.25, 0.3) is 0 Å². The molecule has 0 spiro atoms. The summed E-state index contributed by atoms with van der Waals surface area (Å²) in [5, 5.41) is 0. The van der Waals surface area contributed by atoms with E-state index in [1.165, 1.54) is 0 Å². The molecule has 0 N–H and O–H groups in total. The summed E-state index contributed by atoms with van der Waals surface area (Å²) in [5.41, 5.74) is 0.292. The summed E-state index contributed by atoms with van der Waals surface area (Å²) in [4.78, 5) is 15.0. The van der Waals surface area contributed by atoms with Gasteiger partial charge in [-0.2, -0.15) is 0 Å². The van der Waals surface area contributed by atoms with Crippen LogP contribution in [0.2, 0.25) is 0 Å². The summed E-state index contributed by atoms with van der Waals surface area (Å²) in [6.45, 7) is 5.77. The Morgan fingerprint density at radius 1 is 1.60 bits per heavy atom. The highest BCUT2D eigenvalue weighted by atomic mass is 16.5. The summed E-state index contributed by atoms with van der Waals surface area (Å²) in [6.07, 6.45) is 3.21. The van der Waals surface area contributed by atoms with E-state index in [-0.39, 0.29) is 6.61 Å². The van der Waals surface area contributed by atoms with Crippen molar-refractivity contribution in [3.05, 3.63) is 36.7 Å². The van der Waals surface area contributed by atoms with E-state index in [4.69, 9.17) is 9.47 Å². The fraction of sp³-hybridized carbons (Fsp3) is 0.273. The van der Waals surface area contributed by atoms with Crippen LogP contribution in [0.5, 0.6) is 5.75 Å². The predicted molar refractivity (Wildman–Crippen MR) is 55.5 cm³/mol. The number of pyridine rings is 1. The molecule has 0 aliphatic rings. The van der Waals surface area contributed by atoms with Crippen LogP contribution in [-0.2, 0) is 9.53 Å². The van der Waals surface area contributed by atoms with E-state index in [0.717, 1.165) is 0 Å². The highest BCUT2D eigenvalue weighted by Crippen LogP contribution is 2.07. The van der Waals surface area contributed by atoms with Gasteiger partial charge in [0.05, 0.1) is 18.4 Å². The predicted octanol–water partition coefficient (Wildman–Crippen LogP) is 1.58. The van der Waals surface area contributed by atoms with Crippen molar-refractivity contribution in [2.24, 2.45) is 0 Å². The molecule has 0 atom stereocenters. The summed E-state index contributed by atoms with van der Waals surface area (Å²) in [5.74, 6) is 0.171. The van der Waals surface area contributed by atoms with Gasteiger partial charge in [-0.15, -0.1) is 0 Å². The van der Waals surface area contributed by atoms with Crippen LogP contribution >= 0.6 is 0 Å². The molecule has 0 radical (unpaired) electrons. The number of rotatable bonds is 5. The number of hydrogen-bond acceptors (Lipinski definition) is 4. The first kappa shape index (κ1) is 11.2. The third-order valence-corrected chi connectivity index (χ3v) is 1.61. The van der Waals surface area contributed by atoms with Gasteiger partial charge in [0.1, 0.15) is 12.4 Å². The van der Waals surface area contributed by atoms with Gasteiger partial charge in [0.2, 0.25) is 0 Å². The Morgan fingerprint density at radius 3 is 3.00 bits per heavy atom. The standard InChI is InChI=1S/C11H13NO3/c1-3-14-11(13)9(2)8-15-10-5-4-6-12-7-10/h4-7H,2-3,8H2,1H3. The minimum atomic E-state index is -0.429. The Balaban J connectivity index is 2.38. The van der Waals surface area contributed by atoms with Gasteiger partial charge in [-0.1, -0.05) is 6.58 Å². The lowest BCUT2D eigenvalue weighted by atomic mass is 10.3. The van der Waals surface area contributed by atoms with Crippen molar-refractivity contribution in [2.75, 3.05) is 13.2 Å². The fourth-order valence-electron chi connectivity index (χ4n) is 0.895. The van der Waals surface area contributed by atoms with Crippen molar-refractivity contribution < 1.29 is 14.3 Å². The van der Waals surface area contributed by atoms with Crippen LogP contribution in [0.3, 0.4) is 0 Å². The Labute approximate surface area is 88.5 Å². The second kappa shape index (κ2) is 5.80. The molecule has 1 rings (SSSR count). The molecule has 1 heterocycles. The van der Waals surface area contributed by atoms with Crippen molar-refractivity contribution in [3.63, 3.8) is 0 Å². The van der Waals surface area contributed by atoms with Crippen molar-refractivity contribution in [3.8, 4) is 5.75 Å². The highest BCUT2D eigenvalue weighted by molar-refractivity contribution is 5.87. The molecular weight excluding hydrogens is 194 g/mol. The number of hydrogen-bond donors (Lipinski definition) is 0. The lowest BCUT2D eigenvalue weighted by Crippen LogP contribution is -2.13. The monoisotopic (exact) mass is 207 g/mol. The SMILES string of the molecule is C=C(COc1cccnc1)C(=O)OCC. The first-order valence-corrected chi connectivity index (χ1v) is 4.61. The van der Waals surface area contributed by atoms with Crippen LogP contribution < -0.4 is 4.74 Å². The smallest absolute Gasteiger partial charge is 0.336 e. The van der Waals surface area contributed by atoms with Gasteiger partial charge in [-0.05, 0) is 19.1 Å². The van der Waals surface area contributed by atoms with Crippen molar-refractivity contribution in [2.45, 2.75) is 6.92 Å². The van der Waals surface area contributed by atoms with Crippen molar-refractivity contribution in [1.29, 1.82) is 0 Å². The molecule has 0 saturated carbocycles. The number of ether oxygens (including phenoxy) is 2. The fourth-order valence-corrected chi connectivity index (χ4v) is 0.895. The Bertz CT molecular complexity index is 335. The van der Waals surface area contributed by atoms with E-state index < -0.39 is 5.97 Å². The number of carbonyl (C=O) groups excluding carboxylic acids is 1. The molecule has 4 heteroatoms. The topological polar surface area (TPSA) is 48.4 Å². The first-order chi connectivity index (χ1) is 7.24. The van der Waals surface area contributed by atoms with Crippen molar-refractivity contribution >= 4 is 5.97 Å². The molecule has 0 aliphatic carbocycles. The first-order valence-electron chi connectivity index (χ1n) is 4.61. The van der Waals surface area contributed by atoms with E-state index in [1.807, 2.05) is 0 Å². The molecule has 0 amide bonds. The average molecular weight is 207 g/mol. The largest absolute Gasteiger partial charge is 0.487 e. The number of carbonyl (C=O) groups is 1. The molecule has 4 nitrogen and oxygen atoms in total. The van der Waals surface area contributed by atoms with Crippen molar-refractivity contribution in [1.82, 2.24) is 4.98 Å². The quantitative estimate of drug-likeness (QED) is 0.543. The second-order valence-corrected chi connectivity index (χ2v) is 2.80. The zero-order valence-electron chi connectivity index (χ0n) is 8.60. The summed E-state index contributed by atoms with van der Waals surface area (Å²) in [6, 6.07) is 3.51. The highest BCUT2D eigenvalue weighted by Gasteiger charge is 2.07. The van der Waals surface area contributed by atoms with E-state index in [9.17, 15) is 4.79 Å². The second-order valence-electron chi connectivity index (χ2n) is 2.80. The molecule has 15 heavy (non-hydrogen) atoms. The lowest BCUT2D eigenvalue weighted by molar-refractivity contribution is -0.138. The van der Waals surface area contributed by atoms with Crippen LogP contribution in [0.4, 0.5) is 0 Å². The van der Waals surface area contributed by atoms with E-state index in [2.05, 4.69) is 11.6 Å². The van der Waals surface area contributed by atoms with Gasteiger partial charge >= 0.3 is 5.97 Å². The zero-order valence-corrected chi connectivity index (χ0v) is 8.60. The van der Waals surface area contributed by atoms with E-state index in [1.54, 1.807) is 31.5 Å².